The predicted octanol–water partition coefficient (Wildman–Crippen LogP) is 5.89. The molecule has 0 atom stereocenters. The van der Waals surface area contributed by atoms with Crippen molar-refractivity contribution in [2.24, 2.45) is 5.10 Å². The Kier molecular flexibility index (Phi) is 5.50. The second-order valence-corrected chi connectivity index (χ2v) is 8.39. The van der Waals surface area contributed by atoms with Crippen molar-refractivity contribution in [1.82, 2.24) is 4.98 Å². The first-order valence-corrected chi connectivity index (χ1v) is 10.6. The minimum Gasteiger partial charge on any atom is -0.267 e. The van der Waals surface area contributed by atoms with Crippen molar-refractivity contribution in [3.63, 3.8) is 0 Å². The Morgan fingerprint density at radius 2 is 1.82 bits per heavy atom. The van der Waals surface area contributed by atoms with E-state index in [1.54, 1.807) is 6.21 Å². The molecule has 0 fully saturated rings. The van der Waals surface area contributed by atoms with Gasteiger partial charge in [0.25, 0.3) is 5.91 Å². The normalized spacial score (nSPS) is 11.2. The van der Waals surface area contributed by atoms with Crippen LogP contribution in [0, 0.1) is 10.5 Å². The molecule has 1 amide bonds. The van der Waals surface area contributed by atoms with E-state index >= 15 is 0 Å². The van der Waals surface area contributed by atoms with Gasteiger partial charge in [0.05, 0.1) is 22.0 Å². The number of anilines is 1. The van der Waals surface area contributed by atoms with Crippen molar-refractivity contribution in [2.75, 3.05) is 5.01 Å². The number of halogens is 1. The van der Waals surface area contributed by atoms with Crippen LogP contribution >= 0.6 is 33.9 Å². The Labute approximate surface area is 180 Å². The van der Waals surface area contributed by atoms with Crippen LogP contribution in [0.15, 0.2) is 77.9 Å². The van der Waals surface area contributed by atoms with Gasteiger partial charge in [-0.1, -0.05) is 59.9 Å². The van der Waals surface area contributed by atoms with Gasteiger partial charge in [0.2, 0.25) is 5.13 Å². The number of hydrazone groups is 1. The minimum absolute atomic E-state index is 0.201. The number of thiazole rings is 1. The van der Waals surface area contributed by atoms with E-state index in [4.69, 9.17) is 0 Å². The van der Waals surface area contributed by atoms with Gasteiger partial charge >= 0.3 is 0 Å². The Hall–Kier alpha value is -2.58. The second kappa shape index (κ2) is 8.20. The van der Waals surface area contributed by atoms with Crippen LogP contribution in [0.1, 0.15) is 21.5 Å². The van der Waals surface area contributed by atoms with Crippen LogP contribution in [-0.4, -0.2) is 17.1 Å². The van der Waals surface area contributed by atoms with Crippen molar-refractivity contribution in [1.29, 1.82) is 0 Å². The van der Waals surface area contributed by atoms with Gasteiger partial charge < -0.3 is 0 Å². The van der Waals surface area contributed by atoms with E-state index < -0.39 is 0 Å². The average Bonchev–Trinajstić information content (AvgIpc) is 3.12. The fraction of sp³-hybridized carbons (Fsp3) is 0.0455. The molecule has 1 heterocycles. The Balaban J connectivity index is 1.79. The minimum atomic E-state index is -0.201. The van der Waals surface area contributed by atoms with E-state index in [0.29, 0.717) is 10.7 Å². The zero-order valence-corrected chi connectivity index (χ0v) is 18.0. The number of hydrogen-bond acceptors (Lipinski definition) is 4. The van der Waals surface area contributed by atoms with Gasteiger partial charge in [-0.05, 0) is 64.9 Å². The van der Waals surface area contributed by atoms with Crippen LogP contribution in [0.4, 0.5) is 5.13 Å². The maximum absolute atomic E-state index is 13.3. The average molecular weight is 497 g/mol. The third-order valence-corrected chi connectivity index (χ3v) is 6.07. The molecule has 0 aliphatic rings. The highest BCUT2D eigenvalue weighted by Crippen LogP contribution is 2.31. The third-order valence-electron chi connectivity index (χ3n) is 4.13. The number of aromatic nitrogens is 1. The summed E-state index contributed by atoms with van der Waals surface area (Å²) in [7, 11) is 0. The number of aryl methyl sites for hydroxylation is 1. The molecule has 0 spiro atoms. The van der Waals surface area contributed by atoms with Crippen molar-refractivity contribution >= 4 is 61.4 Å². The van der Waals surface area contributed by atoms with Crippen LogP contribution in [0.5, 0.6) is 0 Å². The van der Waals surface area contributed by atoms with E-state index in [0.717, 1.165) is 24.9 Å². The van der Waals surface area contributed by atoms with Crippen molar-refractivity contribution < 1.29 is 4.79 Å². The lowest BCUT2D eigenvalue weighted by atomic mass is 10.2. The maximum atomic E-state index is 13.3. The second-order valence-electron chi connectivity index (χ2n) is 6.22. The highest BCUT2D eigenvalue weighted by atomic mass is 127. The number of hydrogen-bond donors (Lipinski definition) is 0. The molecule has 0 aliphatic heterocycles. The summed E-state index contributed by atoms with van der Waals surface area (Å²) in [5.74, 6) is -0.201. The Bertz CT molecular complexity index is 1170. The molecule has 138 valence electrons. The van der Waals surface area contributed by atoms with E-state index in [9.17, 15) is 4.79 Å². The molecule has 0 bridgehead atoms. The summed E-state index contributed by atoms with van der Waals surface area (Å²) in [6.07, 6.45) is 1.69. The highest BCUT2D eigenvalue weighted by Gasteiger charge is 2.22. The van der Waals surface area contributed by atoms with Gasteiger partial charge in [0, 0.05) is 3.57 Å². The van der Waals surface area contributed by atoms with E-state index in [2.05, 4.69) is 38.7 Å². The number of nitrogens with zero attached hydrogens (tertiary/aromatic N) is 3. The monoisotopic (exact) mass is 497 g/mol. The lowest BCUT2D eigenvalue weighted by Crippen LogP contribution is -2.26. The third kappa shape index (κ3) is 3.98. The molecule has 1 aromatic heterocycles. The summed E-state index contributed by atoms with van der Waals surface area (Å²) in [5.41, 5.74) is 3.54. The van der Waals surface area contributed by atoms with Crippen molar-refractivity contribution in [3.05, 3.63) is 93.1 Å². The summed E-state index contributed by atoms with van der Waals surface area (Å²) in [5, 5.41) is 6.45. The summed E-state index contributed by atoms with van der Waals surface area (Å²) in [4.78, 5) is 18.0. The van der Waals surface area contributed by atoms with Crippen LogP contribution in [-0.2, 0) is 0 Å². The summed E-state index contributed by atoms with van der Waals surface area (Å²) < 4.78 is 1.91. The first-order chi connectivity index (χ1) is 13.6. The first-order valence-electron chi connectivity index (χ1n) is 8.67. The molecular weight excluding hydrogens is 481 g/mol. The molecule has 0 radical (unpaired) electrons. The fourth-order valence-electron chi connectivity index (χ4n) is 2.71. The first kappa shape index (κ1) is 18.8. The number of carbonyl (C=O) groups is 1. The summed E-state index contributed by atoms with van der Waals surface area (Å²) in [6.45, 7) is 2.04. The van der Waals surface area contributed by atoms with Crippen LogP contribution in [0.3, 0.4) is 0 Å². The van der Waals surface area contributed by atoms with Gasteiger partial charge in [-0.3, -0.25) is 4.79 Å². The van der Waals surface area contributed by atoms with Gasteiger partial charge in [0.15, 0.2) is 0 Å². The van der Waals surface area contributed by atoms with Crippen LogP contribution in [0.2, 0.25) is 0 Å². The van der Waals surface area contributed by atoms with Crippen LogP contribution < -0.4 is 5.01 Å². The molecule has 3 aromatic carbocycles. The molecule has 4 rings (SSSR count). The van der Waals surface area contributed by atoms with Crippen molar-refractivity contribution in [2.45, 2.75) is 6.92 Å². The smallest absolute Gasteiger partial charge is 0.267 e. The molecular formula is C22H16IN3OS. The molecule has 0 unspecified atom stereocenters. The molecule has 0 saturated heterocycles. The summed E-state index contributed by atoms with van der Waals surface area (Å²) in [6, 6.07) is 23.3. The zero-order chi connectivity index (χ0) is 19.5. The summed E-state index contributed by atoms with van der Waals surface area (Å²) >= 11 is 3.63. The van der Waals surface area contributed by atoms with Crippen molar-refractivity contribution in [3.8, 4) is 0 Å². The number of amides is 1. The quantitative estimate of drug-likeness (QED) is 0.201. The SMILES string of the molecule is Cc1ccc2nc(N(/N=C/c3ccccc3)C(=O)c3ccccc3I)sc2c1. The zero-order valence-electron chi connectivity index (χ0n) is 15.0. The van der Waals surface area contributed by atoms with Gasteiger partial charge in [-0.25, -0.2) is 4.98 Å². The molecule has 0 N–H and O–H groups in total. The predicted molar refractivity (Wildman–Crippen MR) is 124 cm³/mol. The Morgan fingerprint density at radius 3 is 2.61 bits per heavy atom. The van der Waals surface area contributed by atoms with E-state index in [-0.39, 0.29) is 5.91 Å². The number of carbonyl (C=O) groups excluding carboxylic acids is 1. The molecule has 28 heavy (non-hydrogen) atoms. The molecule has 0 saturated carbocycles. The largest absolute Gasteiger partial charge is 0.281 e. The van der Waals surface area contributed by atoms with Gasteiger partial charge in [-0.2, -0.15) is 10.1 Å². The maximum Gasteiger partial charge on any atom is 0.281 e. The lowest BCUT2D eigenvalue weighted by molar-refractivity contribution is 0.0987. The molecule has 4 aromatic rings. The molecule has 6 heteroatoms. The fourth-order valence-corrected chi connectivity index (χ4v) is 4.35. The number of rotatable bonds is 4. The number of benzene rings is 3. The number of fused-ring (bicyclic) bond motifs is 1. The topological polar surface area (TPSA) is 45.6 Å². The highest BCUT2D eigenvalue weighted by molar-refractivity contribution is 14.1. The Morgan fingerprint density at radius 1 is 1.07 bits per heavy atom. The van der Waals surface area contributed by atoms with Crippen LogP contribution in [0.25, 0.3) is 10.2 Å². The van der Waals surface area contributed by atoms with Gasteiger partial charge in [0.1, 0.15) is 0 Å². The standard InChI is InChI=1S/C22H16IN3OS/c1-15-11-12-19-20(13-15)28-22(25-19)26(24-14-16-7-3-2-4-8-16)21(27)17-9-5-6-10-18(17)23/h2-14H,1H3/b24-14+. The molecule has 0 aliphatic carbocycles. The van der Waals surface area contributed by atoms with Gasteiger partial charge in [-0.15, -0.1) is 0 Å². The van der Waals surface area contributed by atoms with E-state index in [1.165, 1.54) is 16.3 Å². The van der Waals surface area contributed by atoms with E-state index in [1.807, 2.05) is 73.7 Å². The molecule has 4 nitrogen and oxygen atoms in total. The lowest BCUT2D eigenvalue weighted by Gasteiger charge is -2.14.